The fourth-order valence-corrected chi connectivity index (χ4v) is 8.79. The van der Waals surface area contributed by atoms with Crippen molar-refractivity contribution in [1.82, 2.24) is 0 Å². The number of hydrogen-bond donors (Lipinski definition) is 0. The van der Waals surface area contributed by atoms with Crippen LogP contribution in [0.2, 0.25) is 0 Å². The normalized spacial score (nSPS) is 17.1. The summed E-state index contributed by atoms with van der Waals surface area (Å²) in [7, 11) is -8.33. The van der Waals surface area contributed by atoms with Crippen molar-refractivity contribution in [2.45, 2.75) is 39.8 Å². The molecule has 0 saturated heterocycles. The molecule has 0 atom stereocenters. The largest absolute Gasteiger partial charge is 0.572 e. The maximum atomic E-state index is 13.1. The van der Waals surface area contributed by atoms with E-state index < -0.39 is 25.9 Å². The molecule has 3 nitrogen and oxygen atoms in total. The first-order valence-electron chi connectivity index (χ1n) is 7.75. The Bertz CT molecular complexity index is 778. The van der Waals surface area contributed by atoms with Crippen LogP contribution in [0.15, 0.2) is 70.5 Å². The van der Waals surface area contributed by atoms with Crippen LogP contribution in [0.25, 0.3) is 0 Å². The lowest BCUT2D eigenvalue weighted by atomic mass is 10.00. The number of benzene rings is 2. The Morgan fingerprint density at radius 2 is 1.28 bits per heavy atom. The fourth-order valence-electron chi connectivity index (χ4n) is 2.83. The van der Waals surface area contributed by atoms with Gasteiger partial charge >= 0.3 is 15.6 Å². The van der Waals surface area contributed by atoms with Gasteiger partial charge < -0.3 is 0 Å². The summed E-state index contributed by atoms with van der Waals surface area (Å²) in [5.74, 6) is 0. The number of hydrogen-bond acceptors (Lipinski definition) is 2. The monoisotopic (exact) mass is 391 g/mol. The smallest absolute Gasteiger partial charge is 0.258 e. The standard InChI is InChI=1S/C17H17F3O3S2/c18-17(19,20)25(21,22)23-24(16-12-7-13-16,14-8-3-1-4-9-14)15-10-5-2-6-11-15/h1-6,8-11,16H,7,12-13H2/p+1. The third kappa shape index (κ3) is 3.30. The van der Waals surface area contributed by atoms with Crippen molar-refractivity contribution in [3.63, 3.8) is 0 Å². The molecule has 0 radical (unpaired) electrons. The topological polar surface area (TPSA) is 46.9 Å². The zero-order valence-corrected chi connectivity index (χ0v) is 14.8. The minimum absolute atomic E-state index is 0.213. The van der Waals surface area contributed by atoms with Crippen molar-refractivity contribution in [3.8, 4) is 0 Å². The van der Waals surface area contributed by atoms with Crippen LogP contribution >= 0.6 is 10.3 Å². The van der Waals surface area contributed by atoms with Crippen molar-refractivity contribution in [3.05, 3.63) is 60.7 Å². The molecular formula is C17H18F3O3S2+. The van der Waals surface area contributed by atoms with Crippen molar-refractivity contribution < 1.29 is 25.2 Å². The van der Waals surface area contributed by atoms with Crippen molar-refractivity contribution in [2.75, 3.05) is 0 Å². The van der Waals surface area contributed by atoms with E-state index in [1.165, 1.54) is 0 Å². The third-order valence-corrected chi connectivity index (χ3v) is 9.98. The molecule has 0 bridgehead atoms. The second-order valence-electron chi connectivity index (χ2n) is 5.80. The average Bonchev–Trinajstić information content (AvgIpc) is 2.53. The van der Waals surface area contributed by atoms with Gasteiger partial charge in [0.1, 0.15) is 0 Å². The summed E-state index contributed by atoms with van der Waals surface area (Å²) >= 11 is 0. The van der Waals surface area contributed by atoms with Crippen molar-refractivity contribution in [2.24, 2.45) is 0 Å². The Kier molecular flexibility index (Phi) is 4.87. The summed E-state index contributed by atoms with van der Waals surface area (Å²) in [6.07, 6.45) is 2.19. The molecule has 1 N–H and O–H groups in total. The predicted molar refractivity (Wildman–Crippen MR) is 92.2 cm³/mol. The van der Waals surface area contributed by atoms with Crippen LogP contribution < -0.4 is 0 Å². The Hall–Kier alpha value is -1.51. The molecule has 0 heterocycles. The summed E-state index contributed by atoms with van der Waals surface area (Å²) in [5.41, 5.74) is -5.40. The van der Waals surface area contributed by atoms with Crippen LogP contribution in [-0.4, -0.2) is 22.8 Å². The van der Waals surface area contributed by atoms with Gasteiger partial charge in [-0.25, -0.2) is 0 Å². The SMILES string of the molecule is O=S(=O)([OH+]S(c1ccccc1)(c1ccccc1)C1CCC1)C(F)(F)F. The Balaban J connectivity index is 2.23. The third-order valence-electron chi connectivity index (χ3n) is 4.25. The molecule has 8 heteroatoms. The summed E-state index contributed by atoms with van der Waals surface area (Å²) in [4.78, 5) is 1.08. The minimum Gasteiger partial charge on any atom is -0.258 e. The second kappa shape index (κ2) is 6.66. The molecule has 1 fully saturated rings. The maximum Gasteiger partial charge on any atom is 0.572 e. The first-order valence-corrected chi connectivity index (χ1v) is 10.8. The highest BCUT2D eigenvalue weighted by atomic mass is 32.3. The van der Waals surface area contributed by atoms with Gasteiger partial charge in [0.05, 0.1) is 15.0 Å². The van der Waals surface area contributed by atoms with Gasteiger partial charge in [0, 0.05) is 10.3 Å². The quantitative estimate of drug-likeness (QED) is 0.393. The lowest BCUT2D eigenvalue weighted by molar-refractivity contribution is -0.0541. The highest BCUT2D eigenvalue weighted by Crippen LogP contribution is 2.70. The fraction of sp³-hybridized carbons (Fsp3) is 0.294. The zero-order chi connectivity index (χ0) is 18.1. The summed E-state index contributed by atoms with van der Waals surface area (Å²) in [6, 6.07) is 17.0. The molecule has 1 aliphatic carbocycles. The molecule has 136 valence electrons. The van der Waals surface area contributed by atoms with Crippen LogP contribution in [0, 0.1) is 0 Å². The first-order chi connectivity index (χ1) is 11.8. The van der Waals surface area contributed by atoms with E-state index in [0.29, 0.717) is 22.6 Å². The summed E-state index contributed by atoms with van der Waals surface area (Å²) in [5, 5.41) is -0.213. The van der Waals surface area contributed by atoms with Gasteiger partial charge in [0.25, 0.3) is 0 Å². The molecule has 0 unspecified atom stereocenters. The van der Waals surface area contributed by atoms with E-state index in [2.05, 4.69) is 3.63 Å². The highest BCUT2D eigenvalue weighted by Gasteiger charge is 2.59. The van der Waals surface area contributed by atoms with Crippen molar-refractivity contribution >= 4 is 20.4 Å². The molecule has 1 aliphatic rings. The van der Waals surface area contributed by atoms with E-state index in [-0.39, 0.29) is 5.25 Å². The molecule has 1 saturated carbocycles. The second-order valence-corrected chi connectivity index (χ2v) is 10.7. The van der Waals surface area contributed by atoms with E-state index in [1.807, 2.05) is 0 Å². The molecule has 0 aliphatic heterocycles. The molecule has 25 heavy (non-hydrogen) atoms. The van der Waals surface area contributed by atoms with Gasteiger partial charge in [-0.2, -0.15) is 13.2 Å². The molecule has 0 spiro atoms. The van der Waals surface area contributed by atoms with Crippen LogP contribution in [0.5, 0.6) is 0 Å². The van der Waals surface area contributed by atoms with Crippen LogP contribution in [0.1, 0.15) is 19.3 Å². The van der Waals surface area contributed by atoms with Crippen LogP contribution in [0.4, 0.5) is 13.2 Å². The molecule has 2 aromatic carbocycles. The number of halogens is 3. The summed E-state index contributed by atoms with van der Waals surface area (Å²) < 4.78 is 66.9. The highest BCUT2D eigenvalue weighted by molar-refractivity contribution is 8.33. The van der Waals surface area contributed by atoms with E-state index in [0.717, 1.165) is 6.42 Å². The van der Waals surface area contributed by atoms with Crippen LogP contribution in [-0.2, 0) is 10.1 Å². The van der Waals surface area contributed by atoms with Gasteiger partial charge in [0.2, 0.25) is 0 Å². The molecular weight excluding hydrogens is 373 g/mol. The number of alkyl halides is 3. The van der Waals surface area contributed by atoms with E-state index in [9.17, 15) is 21.6 Å². The number of rotatable bonds is 5. The van der Waals surface area contributed by atoms with Gasteiger partial charge in [-0.1, -0.05) is 42.8 Å². The van der Waals surface area contributed by atoms with Gasteiger partial charge in [-0.3, -0.25) is 3.63 Å². The van der Waals surface area contributed by atoms with Gasteiger partial charge in [0.15, 0.2) is 0 Å². The predicted octanol–water partition coefficient (Wildman–Crippen LogP) is 5.32. The molecule has 0 amide bonds. The Morgan fingerprint density at radius 3 is 1.60 bits per heavy atom. The minimum atomic E-state index is -5.61. The summed E-state index contributed by atoms with van der Waals surface area (Å²) in [6.45, 7) is 0. The van der Waals surface area contributed by atoms with Crippen molar-refractivity contribution in [1.29, 1.82) is 0 Å². The first kappa shape index (κ1) is 18.3. The van der Waals surface area contributed by atoms with E-state index in [4.69, 9.17) is 0 Å². The maximum absolute atomic E-state index is 13.1. The van der Waals surface area contributed by atoms with E-state index in [1.54, 1.807) is 60.7 Å². The molecule has 2 aromatic rings. The zero-order valence-electron chi connectivity index (χ0n) is 13.2. The van der Waals surface area contributed by atoms with Gasteiger partial charge in [-0.05, 0) is 37.1 Å². The lowest BCUT2D eigenvalue weighted by Gasteiger charge is -2.44. The van der Waals surface area contributed by atoms with Gasteiger partial charge in [-0.15, -0.1) is 8.42 Å². The Morgan fingerprint density at radius 1 is 0.840 bits per heavy atom. The molecule has 0 aromatic heterocycles. The van der Waals surface area contributed by atoms with Crippen LogP contribution in [0.3, 0.4) is 0 Å². The average molecular weight is 391 g/mol. The lowest BCUT2D eigenvalue weighted by Crippen LogP contribution is -2.36. The molecule has 3 rings (SSSR count). The Labute approximate surface area is 146 Å². The van der Waals surface area contributed by atoms with E-state index >= 15 is 0 Å².